The van der Waals surface area contributed by atoms with Crippen LogP contribution in [0.15, 0.2) is 60.3 Å². The van der Waals surface area contributed by atoms with Crippen LogP contribution in [-0.2, 0) is 11.2 Å². The smallest absolute Gasteiger partial charge is 0.244 e. The van der Waals surface area contributed by atoms with Gasteiger partial charge in [0.25, 0.3) is 0 Å². The van der Waals surface area contributed by atoms with E-state index in [2.05, 4.69) is 87.9 Å². The maximum atomic E-state index is 11.4. The van der Waals surface area contributed by atoms with E-state index < -0.39 is 12.3 Å². The first-order chi connectivity index (χ1) is 19.1. The first-order valence-corrected chi connectivity index (χ1v) is 14.2. The number of hydrogen-bond donors (Lipinski definition) is 2. The number of aryl methyl sites for hydroxylation is 1. The van der Waals surface area contributed by atoms with Crippen LogP contribution >= 0.6 is 0 Å². The number of nitrogens with two attached hydrogens (primary N) is 1. The van der Waals surface area contributed by atoms with E-state index in [0.717, 1.165) is 30.8 Å². The van der Waals surface area contributed by atoms with Gasteiger partial charge in [-0.1, -0.05) is 79.2 Å². The summed E-state index contributed by atoms with van der Waals surface area (Å²) in [6.07, 6.45) is 15.8. The van der Waals surface area contributed by atoms with Crippen molar-refractivity contribution >= 4 is 17.8 Å². The molecule has 1 rings (SSSR count). The second kappa shape index (κ2) is 42.9. The van der Waals surface area contributed by atoms with Gasteiger partial charge in [-0.05, 0) is 70.2 Å². The van der Waals surface area contributed by atoms with Gasteiger partial charge in [-0.3, -0.25) is 9.79 Å². The molecule has 6 heteroatoms. The molecule has 0 saturated carbocycles. The van der Waals surface area contributed by atoms with Gasteiger partial charge in [0.2, 0.25) is 12.8 Å². The highest BCUT2D eigenvalue weighted by Gasteiger charge is 2.08. The van der Waals surface area contributed by atoms with Crippen LogP contribution in [0.25, 0.3) is 0 Å². The average Bonchev–Trinajstić information content (AvgIpc) is 2.99. The Labute approximate surface area is 247 Å². The number of nitrogens with one attached hydrogen (secondary N) is 1. The number of aliphatic imine (C=N–C) groups is 1. The SMILES string of the molecule is C#C.C/C=C(/C)N=C(C)c1ccc(NCC)cc1CCCC.C=CC(C)C(F)F.C=CCC.CC.CC.NC=O. The molecule has 4 nitrogen and oxygen atoms in total. The summed E-state index contributed by atoms with van der Waals surface area (Å²) in [5.74, 6) is -0.667. The van der Waals surface area contributed by atoms with Gasteiger partial charge in [0.05, 0.1) is 0 Å². The Bertz CT molecular complexity index is 770. The molecule has 0 aliphatic heterocycles. The summed E-state index contributed by atoms with van der Waals surface area (Å²) in [5.41, 5.74) is 10.2. The van der Waals surface area contributed by atoms with E-state index in [1.807, 2.05) is 53.7 Å². The van der Waals surface area contributed by atoms with E-state index in [-0.39, 0.29) is 6.41 Å². The number of anilines is 1. The van der Waals surface area contributed by atoms with Crippen LogP contribution in [0.4, 0.5) is 14.5 Å². The van der Waals surface area contributed by atoms with Crippen molar-refractivity contribution in [3.63, 3.8) is 0 Å². The van der Waals surface area contributed by atoms with Crippen LogP contribution in [0.3, 0.4) is 0 Å². The minimum absolute atomic E-state index is 0.250. The van der Waals surface area contributed by atoms with Crippen molar-refractivity contribution in [1.29, 1.82) is 0 Å². The highest BCUT2D eigenvalue weighted by molar-refractivity contribution is 6.01. The molecular weight excluding hydrogens is 504 g/mol. The number of primary amides is 1. The van der Waals surface area contributed by atoms with Crippen LogP contribution in [-0.4, -0.2) is 25.1 Å². The molecule has 3 N–H and O–H groups in total. The number of carbonyl (C=O) groups excluding carboxylic acids is 1. The van der Waals surface area contributed by atoms with Gasteiger partial charge in [0, 0.05) is 29.6 Å². The van der Waals surface area contributed by atoms with Crippen molar-refractivity contribution in [3.8, 4) is 12.8 Å². The summed E-state index contributed by atoms with van der Waals surface area (Å²) in [5, 5.41) is 3.39. The zero-order valence-corrected chi connectivity index (χ0v) is 27.5. The molecule has 0 fully saturated rings. The molecule has 0 saturated heterocycles. The molecule has 0 aromatic heterocycles. The van der Waals surface area contributed by atoms with Crippen LogP contribution in [0, 0.1) is 18.8 Å². The van der Waals surface area contributed by atoms with E-state index in [0.29, 0.717) is 0 Å². The zero-order chi connectivity index (χ0) is 32.9. The predicted octanol–water partition coefficient (Wildman–Crippen LogP) is 10.3. The number of halogens is 2. The number of rotatable bonds is 10. The van der Waals surface area contributed by atoms with Crippen molar-refractivity contribution < 1.29 is 13.6 Å². The van der Waals surface area contributed by atoms with Gasteiger partial charge in [-0.25, -0.2) is 8.78 Å². The predicted molar refractivity (Wildman–Crippen MR) is 180 cm³/mol. The number of benzene rings is 1. The number of nitrogens with zero attached hydrogens (tertiary/aromatic N) is 1. The largest absolute Gasteiger partial charge is 0.385 e. The van der Waals surface area contributed by atoms with Crippen molar-refractivity contribution in [2.75, 3.05) is 11.9 Å². The molecule has 1 aromatic carbocycles. The van der Waals surface area contributed by atoms with Crippen LogP contribution in [0.2, 0.25) is 0 Å². The lowest BCUT2D eigenvalue weighted by Crippen LogP contribution is -2.04. The molecular formula is C34H61F2N3O. The maximum absolute atomic E-state index is 11.4. The lowest BCUT2D eigenvalue weighted by atomic mass is 9.98. The first kappa shape index (κ1) is 49.7. The fourth-order valence-corrected chi connectivity index (χ4v) is 2.33. The molecule has 232 valence electrons. The van der Waals surface area contributed by atoms with E-state index in [1.165, 1.54) is 42.7 Å². The summed E-state index contributed by atoms with van der Waals surface area (Å²) >= 11 is 0. The summed E-state index contributed by atoms with van der Waals surface area (Å²) in [6, 6.07) is 6.63. The van der Waals surface area contributed by atoms with Gasteiger partial charge < -0.3 is 11.1 Å². The van der Waals surface area contributed by atoms with Crippen molar-refractivity contribution in [2.24, 2.45) is 16.6 Å². The summed E-state index contributed by atoms with van der Waals surface area (Å²) in [6.45, 7) is 29.7. The normalized spacial score (nSPS) is 10.1. The second-order valence-corrected chi connectivity index (χ2v) is 7.40. The number of amides is 1. The molecule has 40 heavy (non-hydrogen) atoms. The molecule has 0 spiro atoms. The van der Waals surface area contributed by atoms with E-state index in [1.54, 1.807) is 0 Å². The van der Waals surface area contributed by atoms with Crippen LogP contribution < -0.4 is 11.1 Å². The Hall–Kier alpha value is -3.20. The third-order valence-electron chi connectivity index (χ3n) is 4.50. The second-order valence-electron chi connectivity index (χ2n) is 7.40. The van der Waals surface area contributed by atoms with Crippen molar-refractivity contribution in [2.45, 2.75) is 108 Å². The van der Waals surface area contributed by atoms with Crippen molar-refractivity contribution in [3.05, 3.63) is 66.4 Å². The Morgan fingerprint density at radius 2 is 1.57 bits per heavy atom. The van der Waals surface area contributed by atoms with Gasteiger partial charge in [0.1, 0.15) is 0 Å². The third-order valence-corrected chi connectivity index (χ3v) is 4.50. The van der Waals surface area contributed by atoms with Gasteiger partial charge in [-0.2, -0.15) is 0 Å². The van der Waals surface area contributed by atoms with Crippen LogP contribution in [0.5, 0.6) is 0 Å². The fourth-order valence-electron chi connectivity index (χ4n) is 2.33. The molecule has 0 radical (unpaired) electrons. The van der Waals surface area contributed by atoms with Gasteiger partial charge >= 0.3 is 0 Å². The van der Waals surface area contributed by atoms with Crippen molar-refractivity contribution in [1.82, 2.24) is 0 Å². The number of allylic oxidation sites excluding steroid dienone is 4. The number of alkyl halides is 2. The first-order valence-electron chi connectivity index (χ1n) is 14.2. The Balaban J connectivity index is -0.000000119. The topological polar surface area (TPSA) is 67.5 Å². The molecule has 0 aliphatic carbocycles. The molecule has 0 heterocycles. The number of unbranched alkanes of at least 4 members (excludes halogenated alkanes) is 1. The summed E-state index contributed by atoms with van der Waals surface area (Å²) in [4.78, 5) is 13.3. The van der Waals surface area contributed by atoms with E-state index in [4.69, 9.17) is 4.79 Å². The highest BCUT2D eigenvalue weighted by Crippen LogP contribution is 2.20. The van der Waals surface area contributed by atoms with Crippen LogP contribution in [0.1, 0.15) is 107 Å². The summed E-state index contributed by atoms with van der Waals surface area (Å²) in [7, 11) is 0. The van der Waals surface area contributed by atoms with E-state index in [9.17, 15) is 8.78 Å². The quantitative estimate of drug-likeness (QED) is 0.128. The number of carbonyl (C=O) groups is 1. The Morgan fingerprint density at radius 1 is 1.10 bits per heavy atom. The average molecular weight is 566 g/mol. The summed E-state index contributed by atoms with van der Waals surface area (Å²) < 4.78 is 22.7. The molecule has 0 bridgehead atoms. The van der Waals surface area contributed by atoms with Gasteiger partial charge in [-0.15, -0.1) is 26.0 Å². The fraction of sp³-hybridized carbons (Fsp3) is 0.529. The highest BCUT2D eigenvalue weighted by atomic mass is 19.3. The molecule has 1 aromatic rings. The van der Waals surface area contributed by atoms with E-state index >= 15 is 0 Å². The Morgan fingerprint density at radius 3 is 1.88 bits per heavy atom. The lowest BCUT2D eigenvalue weighted by molar-refractivity contribution is -0.106. The minimum atomic E-state index is -2.25. The molecule has 1 atom stereocenters. The monoisotopic (exact) mass is 565 g/mol. The zero-order valence-electron chi connectivity index (χ0n) is 27.5. The minimum Gasteiger partial charge on any atom is -0.385 e. The van der Waals surface area contributed by atoms with Gasteiger partial charge in [0.15, 0.2) is 0 Å². The maximum Gasteiger partial charge on any atom is 0.244 e. The third kappa shape index (κ3) is 34.8. The standard InChI is InChI=1S/C18H28N2.C5H8F2.C4H8.2C2H6.C2H2.CH3NO/c1-6-9-10-16-13-17(19-8-3)11-12-18(16)15(5)20-14(4)7-2;1-3-4(2)5(6)7;1-3-4-2;3*1-2;2-1-3/h7,11-13,19H,6,8-10H2,1-5H3;3-5H,1H2,2H3;3H,1,4H2,2H3;2*1-2H3;1-2H;1H,(H2,2,3)/b14-7-,20-15?;;;;;;. The number of hydrogen-bond acceptors (Lipinski definition) is 3. The molecule has 1 unspecified atom stereocenters. The molecule has 1 amide bonds. The Kier molecular flexibility index (Phi) is 53.3. The number of terminal acetylenes is 1. The molecule has 0 aliphatic rings. The lowest BCUT2D eigenvalue weighted by Gasteiger charge is -2.12.